The van der Waals surface area contributed by atoms with E-state index in [1.807, 2.05) is 11.8 Å². The Hall–Kier alpha value is -1.49. The number of amides is 1. The van der Waals surface area contributed by atoms with Crippen molar-refractivity contribution < 1.29 is 13.6 Å². The van der Waals surface area contributed by atoms with Gasteiger partial charge in [-0.25, -0.2) is 8.78 Å². The van der Waals surface area contributed by atoms with Crippen LogP contribution in [-0.2, 0) is 11.2 Å². The molecule has 1 fully saturated rings. The maximum absolute atomic E-state index is 13.6. The molecule has 0 saturated carbocycles. The summed E-state index contributed by atoms with van der Waals surface area (Å²) in [5.74, 6) is -1.65. The number of hydrogen-bond donors (Lipinski definition) is 1. The number of hydrogen-bond acceptors (Lipinski definition) is 2. The number of aryl methyl sites for hydroxylation is 1. The molecule has 0 spiro atoms. The highest BCUT2D eigenvalue weighted by Gasteiger charge is 2.24. The SMILES string of the molecule is CCCN(C(=O)CCc1cccc(F)c1F)C1CCNCC1. The van der Waals surface area contributed by atoms with Gasteiger partial charge >= 0.3 is 0 Å². The molecule has 1 aromatic carbocycles. The zero-order valence-electron chi connectivity index (χ0n) is 13.1. The molecule has 1 aromatic rings. The molecule has 1 N–H and O–H groups in total. The Morgan fingerprint density at radius 1 is 1.32 bits per heavy atom. The van der Waals surface area contributed by atoms with Crippen molar-refractivity contribution in [3.63, 3.8) is 0 Å². The lowest BCUT2D eigenvalue weighted by Gasteiger charge is -2.34. The molecule has 0 aromatic heterocycles. The molecule has 0 unspecified atom stereocenters. The van der Waals surface area contributed by atoms with Gasteiger partial charge in [0.25, 0.3) is 0 Å². The van der Waals surface area contributed by atoms with E-state index in [4.69, 9.17) is 0 Å². The van der Waals surface area contributed by atoms with Gasteiger partial charge in [0.15, 0.2) is 11.6 Å². The molecule has 22 heavy (non-hydrogen) atoms. The summed E-state index contributed by atoms with van der Waals surface area (Å²) in [5, 5.41) is 3.29. The summed E-state index contributed by atoms with van der Waals surface area (Å²) >= 11 is 0. The summed E-state index contributed by atoms with van der Waals surface area (Å²) in [6.07, 6.45) is 3.29. The third-order valence-corrected chi connectivity index (χ3v) is 4.17. The second-order valence-electron chi connectivity index (χ2n) is 5.78. The molecular formula is C17H24F2N2O. The average molecular weight is 310 g/mol. The molecule has 1 saturated heterocycles. The van der Waals surface area contributed by atoms with Gasteiger partial charge in [-0.2, -0.15) is 0 Å². The van der Waals surface area contributed by atoms with Crippen LogP contribution in [0.15, 0.2) is 18.2 Å². The molecule has 1 aliphatic heterocycles. The van der Waals surface area contributed by atoms with Crippen molar-refractivity contribution in [2.75, 3.05) is 19.6 Å². The van der Waals surface area contributed by atoms with Gasteiger partial charge in [0, 0.05) is 19.0 Å². The summed E-state index contributed by atoms with van der Waals surface area (Å²) in [6.45, 7) is 4.64. The number of rotatable bonds is 6. The summed E-state index contributed by atoms with van der Waals surface area (Å²) in [6, 6.07) is 4.39. The van der Waals surface area contributed by atoms with Crippen LogP contribution in [0.25, 0.3) is 0 Å². The number of carbonyl (C=O) groups is 1. The molecule has 0 radical (unpaired) electrons. The molecule has 0 atom stereocenters. The van der Waals surface area contributed by atoms with Crippen LogP contribution in [0.5, 0.6) is 0 Å². The van der Waals surface area contributed by atoms with Crippen LogP contribution in [0, 0.1) is 11.6 Å². The highest BCUT2D eigenvalue weighted by molar-refractivity contribution is 5.76. The van der Waals surface area contributed by atoms with Crippen molar-refractivity contribution in [1.82, 2.24) is 10.2 Å². The number of nitrogens with zero attached hydrogens (tertiary/aromatic N) is 1. The Kier molecular flexibility index (Phi) is 6.31. The van der Waals surface area contributed by atoms with Gasteiger partial charge in [0.2, 0.25) is 5.91 Å². The monoisotopic (exact) mass is 310 g/mol. The normalized spacial score (nSPS) is 15.8. The van der Waals surface area contributed by atoms with E-state index in [9.17, 15) is 13.6 Å². The lowest BCUT2D eigenvalue weighted by Crippen LogP contribution is -2.46. The van der Waals surface area contributed by atoms with E-state index in [1.165, 1.54) is 6.07 Å². The van der Waals surface area contributed by atoms with E-state index in [2.05, 4.69) is 5.32 Å². The van der Waals surface area contributed by atoms with Crippen LogP contribution in [0.1, 0.15) is 38.2 Å². The Labute approximate surface area is 130 Å². The zero-order valence-corrected chi connectivity index (χ0v) is 13.1. The maximum Gasteiger partial charge on any atom is 0.223 e. The highest BCUT2D eigenvalue weighted by atomic mass is 19.2. The van der Waals surface area contributed by atoms with Crippen molar-refractivity contribution in [2.24, 2.45) is 0 Å². The molecule has 2 rings (SSSR count). The van der Waals surface area contributed by atoms with Gasteiger partial charge in [-0.05, 0) is 50.4 Å². The molecule has 0 aliphatic carbocycles. The first kappa shape index (κ1) is 16.9. The summed E-state index contributed by atoms with van der Waals surface area (Å²) in [5.41, 5.74) is 0.273. The van der Waals surface area contributed by atoms with Crippen molar-refractivity contribution in [3.05, 3.63) is 35.4 Å². The van der Waals surface area contributed by atoms with Crippen LogP contribution in [-0.4, -0.2) is 36.5 Å². The quantitative estimate of drug-likeness (QED) is 0.876. The van der Waals surface area contributed by atoms with E-state index >= 15 is 0 Å². The zero-order chi connectivity index (χ0) is 15.9. The Morgan fingerprint density at radius 2 is 2.05 bits per heavy atom. The predicted octanol–water partition coefficient (Wildman–Crippen LogP) is 2.89. The fourth-order valence-electron chi connectivity index (χ4n) is 3.00. The fraction of sp³-hybridized carbons (Fsp3) is 0.588. The third kappa shape index (κ3) is 4.26. The van der Waals surface area contributed by atoms with E-state index in [0.717, 1.165) is 45.0 Å². The topological polar surface area (TPSA) is 32.3 Å². The molecule has 5 heteroatoms. The molecule has 3 nitrogen and oxygen atoms in total. The number of carbonyl (C=O) groups excluding carboxylic acids is 1. The first-order chi connectivity index (χ1) is 10.6. The van der Waals surface area contributed by atoms with E-state index in [-0.39, 0.29) is 30.4 Å². The summed E-state index contributed by atoms with van der Waals surface area (Å²) < 4.78 is 26.8. The predicted molar refractivity (Wildman–Crippen MR) is 82.6 cm³/mol. The standard InChI is InChI=1S/C17H24F2N2O/c1-2-12-21(14-8-10-20-11-9-14)16(22)7-6-13-4-3-5-15(18)17(13)19/h3-5,14,20H,2,6-12H2,1H3. The number of piperidine rings is 1. The van der Waals surface area contributed by atoms with E-state index in [1.54, 1.807) is 6.07 Å². The minimum absolute atomic E-state index is 0.0393. The molecular weight excluding hydrogens is 286 g/mol. The molecule has 1 heterocycles. The minimum Gasteiger partial charge on any atom is -0.340 e. The van der Waals surface area contributed by atoms with Crippen LogP contribution in [0.3, 0.4) is 0 Å². The first-order valence-corrected chi connectivity index (χ1v) is 8.06. The number of halogens is 2. The fourth-order valence-corrected chi connectivity index (χ4v) is 3.00. The van der Waals surface area contributed by atoms with Crippen LogP contribution in [0.4, 0.5) is 8.78 Å². The maximum atomic E-state index is 13.6. The minimum atomic E-state index is -0.853. The number of nitrogens with one attached hydrogen (secondary N) is 1. The second kappa shape index (κ2) is 8.22. The van der Waals surface area contributed by atoms with Crippen molar-refractivity contribution >= 4 is 5.91 Å². The van der Waals surface area contributed by atoms with Gasteiger partial charge in [0.1, 0.15) is 0 Å². The smallest absolute Gasteiger partial charge is 0.223 e. The third-order valence-electron chi connectivity index (χ3n) is 4.17. The van der Waals surface area contributed by atoms with E-state index < -0.39 is 11.6 Å². The van der Waals surface area contributed by atoms with Gasteiger partial charge in [0.05, 0.1) is 0 Å². The van der Waals surface area contributed by atoms with Gasteiger partial charge < -0.3 is 10.2 Å². The van der Waals surface area contributed by atoms with Crippen LogP contribution < -0.4 is 5.32 Å². The summed E-state index contributed by atoms with van der Waals surface area (Å²) in [4.78, 5) is 14.4. The van der Waals surface area contributed by atoms with Crippen LogP contribution in [0.2, 0.25) is 0 Å². The van der Waals surface area contributed by atoms with E-state index in [0.29, 0.717) is 0 Å². The summed E-state index contributed by atoms with van der Waals surface area (Å²) in [7, 11) is 0. The molecule has 0 bridgehead atoms. The Balaban J connectivity index is 1.97. The van der Waals surface area contributed by atoms with Crippen LogP contribution >= 0.6 is 0 Å². The highest BCUT2D eigenvalue weighted by Crippen LogP contribution is 2.17. The number of benzene rings is 1. The van der Waals surface area contributed by atoms with Gasteiger partial charge in [-0.1, -0.05) is 19.1 Å². The van der Waals surface area contributed by atoms with Crippen molar-refractivity contribution in [3.8, 4) is 0 Å². The molecule has 122 valence electrons. The van der Waals surface area contributed by atoms with Crippen molar-refractivity contribution in [2.45, 2.75) is 45.1 Å². The van der Waals surface area contributed by atoms with Crippen molar-refractivity contribution in [1.29, 1.82) is 0 Å². The first-order valence-electron chi connectivity index (χ1n) is 8.06. The lowest BCUT2D eigenvalue weighted by atomic mass is 10.0. The lowest BCUT2D eigenvalue weighted by molar-refractivity contribution is -0.134. The van der Waals surface area contributed by atoms with Gasteiger partial charge in [-0.15, -0.1) is 0 Å². The average Bonchev–Trinajstić information content (AvgIpc) is 2.54. The largest absolute Gasteiger partial charge is 0.340 e. The molecule has 1 amide bonds. The molecule has 1 aliphatic rings. The van der Waals surface area contributed by atoms with Gasteiger partial charge in [-0.3, -0.25) is 4.79 Å². The Morgan fingerprint density at radius 3 is 2.73 bits per heavy atom. The second-order valence-corrected chi connectivity index (χ2v) is 5.78. The Bertz CT molecular complexity index is 501.